The molecule has 0 spiro atoms. The van der Waals surface area contributed by atoms with Crippen molar-refractivity contribution >= 4 is 41.2 Å². The van der Waals surface area contributed by atoms with Crippen LogP contribution in [0.5, 0.6) is 0 Å². The van der Waals surface area contributed by atoms with E-state index >= 15 is 0 Å². The number of hydrogen-bond donors (Lipinski definition) is 1. The van der Waals surface area contributed by atoms with Crippen LogP contribution in [-0.2, 0) is 0 Å². The monoisotopic (exact) mass is 117 g/mol. The zero-order valence-electron chi connectivity index (χ0n) is 3.24. The molecular weight excluding hydrogens is 108 g/mol. The van der Waals surface area contributed by atoms with Crippen molar-refractivity contribution in [3.8, 4) is 0 Å². The van der Waals surface area contributed by atoms with Gasteiger partial charge in [0.05, 0.1) is 0 Å². The van der Waals surface area contributed by atoms with E-state index in [2.05, 4.69) is 0 Å². The molecule has 1 unspecified atom stereocenters. The van der Waals surface area contributed by atoms with Gasteiger partial charge in [0.25, 0.3) is 0 Å². The molecule has 0 heterocycles. The van der Waals surface area contributed by atoms with E-state index in [9.17, 15) is 0 Å². The molecule has 0 amide bonds. The number of halogens is 1. The molecule has 1 atom stereocenters. The number of nitrogens with two attached hydrogens (primary N) is 1. The quantitative estimate of drug-likeness (QED) is 0.378. The zero-order chi connectivity index (χ0) is 4.28. The molecule has 0 aliphatic carbocycles. The number of rotatable bonds is 1. The van der Waals surface area contributed by atoms with Crippen LogP contribution in [0.1, 0.15) is 6.92 Å². The summed E-state index contributed by atoms with van der Waals surface area (Å²) in [6, 6.07) is 0. The van der Waals surface area contributed by atoms with Crippen molar-refractivity contribution in [2.75, 3.05) is 6.54 Å². The topological polar surface area (TPSA) is 26.0 Å². The minimum atomic E-state index is 0. The van der Waals surface area contributed by atoms with Crippen LogP contribution in [-0.4, -0.2) is 41.5 Å². The Morgan fingerprint density at radius 1 is 1.83 bits per heavy atom. The summed E-state index contributed by atoms with van der Waals surface area (Å²) in [6.07, 6.45) is 0. The molecule has 0 aromatic carbocycles. The van der Waals surface area contributed by atoms with Crippen LogP contribution in [0, 0.1) is 0 Å². The van der Waals surface area contributed by atoms with Gasteiger partial charge in [-0.05, 0) is 6.92 Å². The van der Waals surface area contributed by atoms with Crippen molar-refractivity contribution in [1.29, 1.82) is 0 Å². The first-order chi connectivity index (χ1) is 2.27. The van der Waals surface area contributed by atoms with Crippen molar-refractivity contribution in [3.05, 3.63) is 0 Å². The first kappa shape index (κ1) is 10.3. The average Bonchev–Trinajstić information content (AvgIpc) is 1.38. The van der Waals surface area contributed by atoms with Gasteiger partial charge in [-0.25, -0.2) is 0 Å². The van der Waals surface area contributed by atoms with Crippen LogP contribution in [0.3, 0.4) is 0 Å². The molecule has 0 aromatic heterocycles. The van der Waals surface area contributed by atoms with E-state index in [-0.39, 0.29) is 34.9 Å². The van der Waals surface area contributed by atoms with Gasteiger partial charge in [0.1, 0.15) is 0 Å². The summed E-state index contributed by atoms with van der Waals surface area (Å²) in [6.45, 7) is 2.43. The van der Waals surface area contributed by atoms with Crippen LogP contribution < -0.4 is 5.73 Å². The van der Waals surface area contributed by atoms with Crippen LogP contribution in [0.2, 0.25) is 0 Å². The van der Waals surface area contributed by atoms with E-state index in [0.717, 1.165) is 0 Å². The molecule has 2 N–H and O–H groups in total. The van der Waals surface area contributed by atoms with E-state index in [0.29, 0.717) is 6.54 Å². The molecule has 3 heteroatoms. The molecule has 0 saturated heterocycles. The van der Waals surface area contributed by atoms with Crippen molar-refractivity contribution < 1.29 is 0 Å². The van der Waals surface area contributed by atoms with E-state index < -0.39 is 0 Å². The number of hydrogen-bond acceptors (Lipinski definition) is 1. The summed E-state index contributed by atoms with van der Waals surface area (Å²) in [5.41, 5.74) is 5.04. The third-order valence-electron chi connectivity index (χ3n) is 0.325. The Kier molecular flexibility index (Phi) is 10.7. The van der Waals surface area contributed by atoms with Crippen molar-refractivity contribution in [2.24, 2.45) is 5.73 Å². The second-order valence-corrected chi connectivity index (χ2v) is 1.76. The van der Waals surface area contributed by atoms with E-state index in [1.165, 1.54) is 0 Å². The maximum absolute atomic E-state index is 5.34. The molecule has 0 aliphatic rings. The molecule has 0 rings (SSSR count). The molecule has 34 valence electrons. The third kappa shape index (κ3) is 8.98. The fourth-order valence-electron chi connectivity index (χ4n) is 0. The van der Waals surface area contributed by atoms with Gasteiger partial charge in [0, 0.05) is 11.9 Å². The fourth-order valence-corrected chi connectivity index (χ4v) is 0. The van der Waals surface area contributed by atoms with Crippen molar-refractivity contribution in [3.63, 3.8) is 0 Å². The van der Waals surface area contributed by atoms with Crippen molar-refractivity contribution in [2.45, 2.75) is 12.3 Å². The fraction of sp³-hybridized carbons (Fsp3) is 1.00. The summed E-state index contributed by atoms with van der Waals surface area (Å²) < 4.78 is 0. The van der Waals surface area contributed by atoms with Gasteiger partial charge in [-0.1, -0.05) is 0 Å². The minimum absolute atomic E-state index is 0. The Bertz CT molecular complexity index is 24.8. The standard InChI is InChI=1S/C3H8ClN.Na.H/c1-3(4)2-5;;/h3H,2,5H2,1H3;;. The Morgan fingerprint density at radius 3 is 2.00 bits per heavy atom. The molecule has 0 saturated carbocycles. The van der Waals surface area contributed by atoms with Gasteiger partial charge >= 0.3 is 29.6 Å². The predicted octanol–water partition coefficient (Wildman–Crippen LogP) is -0.0761. The van der Waals surface area contributed by atoms with Crippen molar-refractivity contribution in [1.82, 2.24) is 0 Å². The molecule has 0 aromatic rings. The van der Waals surface area contributed by atoms with Gasteiger partial charge in [0.2, 0.25) is 0 Å². The molecular formula is C3H9ClNNa. The van der Waals surface area contributed by atoms with E-state index in [4.69, 9.17) is 17.3 Å². The predicted molar refractivity (Wildman–Crippen MR) is 31.5 cm³/mol. The molecule has 0 aliphatic heterocycles. The molecule has 0 radical (unpaired) electrons. The van der Waals surface area contributed by atoms with Gasteiger partial charge in [-0.3, -0.25) is 0 Å². The molecule has 6 heavy (non-hydrogen) atoms. The Morgan fingerprint density at radius 2 is 2.00 bits per heavy atom. The van der Waals surface area contributed by atoms with Gasteiger partial charge < -0.3 is 5.73 Å². The molecule has 1 nitrogen and oxygen atoms in total. The van der Waals surface area contributed by atoms with Gasteiger partial charge in [0.15, 0.2) is 0 Å². The summed E-state index contributed by atoms with van der Waals surface area (Å²) in [4.78, 5) is 0. The summed E-state index contributed by atoms with van der Waals surface area (Å²) in [7, 11) is 0. The summed E-state index contributed by atoms with van der Waals surface area (Å²) in [5.74, 6) is 0. The van der Waals surface area contributed by atoms with Crippen LogP contribution in [0.15, 0.2) is 0 Å². The maximum atomic E-state index is 5.34. The third-order valence-corrected chi connectivity index (χ3v) is 0.503. The SMILES string of the molecule is CC(Cl)CN.[NaH]. The first-order valence-electron chi connectivity index (χ1n) is 1.61. The van der Waals surface area contributed by atoms with Crippen LogP contribution >= 0.6 is 11.6 Å². The molecule has 0 bridgehead atoms. The van der Waals surface area contributed by atoms with Gasteiger partial charge in [-0.2, -0.15) is 0 Å². The second-order valence-electron chi connectivity index (χ2n) is 1.02. The van der Waals surface area contributed by atoms with Crippen LogP contribution in [0.25, 0.3) is 0 Å². The average molecular weight is 118 g/mol. The second kappa shape index (κ2) is 6.25. The Balaban J connectivity index is 0. The van der Waals surface area contributed by atoms with Gasteiger partial charge in [-0.15, -0.1) is 11.6 Å². The molecule has 0 fully saturated rings. The van der Waals surface area contributed by atoms with Crippen LogP contribution in [0.4, 0.5) is 0 Å². The van der Waals surface area contributed by atoms with E-state index in [1.807, 2.05) is 6.92 Å². The Labute approximate surface area is 65.5 Å². The Hall–Kier alpha value is 1.25. The normalized spacial score (nSPS) is 12.5. The summed E-state index contributed by atoms with van der Waals surface area (Å²) in [5, 5.41) is 0.134. The number of alkyl halides is 1. The first-order valence-corrected chi connectivity index (χ1v) is 2.05. The van der Waals surface area contributed by atoms with E-state index in [1.54, 1.807) is 0 Å². The zero-order valence-corrected chi connectivity index (χ0v) is 4.00. The summed E-state index contributed by atoms with van der Waals surface area (Å²) >= 11 is 5.34.